The Balaban J connectivity index is 1.80. The van der Waals surface area contributed by atoms with Crippen LogP contribution in [0.1, 0.15) is 37.1 Å². The van der Waals surface area contributed by atoms with Gasteiger partial charge in [0.15, 0.2) is 11.5 Å². The third-order valence-corrected chi connectivity index (χ3v) is 5.58. The maximum atomic E-state index is 5.89. The van der Waals surface area contributed by atoms with Crippen LogP contribution < -0.4 is 9.47 Å². The van der Waals surface area contributed by atoms with E-state index >= 15 is 0 Å². The molecule has 2 aliphatic heterocycles. The molecule has 3 nitrogen and oxygen atoms in total. The van der Waals surface area contributed by atoms with E-state index in [4.69, 9.17) is 14.2 Å². The molecule has 0 bridgehead atoms. The Hall–Kier alpha value is -0.740. The molecule has 0 saturated carbocycles. The number of hydrogen-bond acceptors (Lipinski definition) is 3. The monoisotopic (exact) mass is 354 g/mol. The van der Waals surface area contributed by atoms with Crippen molar-refractivity contribution in [1.29, 1.82) is 0 Å². The minimum atomic E-state index is 0.305. The fourth-order valence-corrected chi connectivity index (χ4v) is 4.00. The Morgan fingerprint density at radius 1 is 1.24 bits per heavy atom. The molecule has 2 aliphatic rings. The molecular weight excluding hydrogens is 332 g/mol. The van der Waals surface area contributed by atoms with E-state index in [9.17, 15) is 0 Å². The second kappa shape index (κ2) is 6.57. The van der Waals surface area contributed by atoms with Gasteiger partial charge in [0.1, 0.15) is 0 Å². The van der Waals surface area contributed by atoms with Gasteiger partial charge in [-0.2, -0.15) is 0 Å². The molecule has 4 atom stereocenters. The first-order chi connectivity index (χ1) is 10.2. The third kappa shape index (κ3) is 3.21. The molecule has 1 fully saturated rings. The zero-order chi connectivity index (χ0) is 14.8. The lowest BCUT2D eigenvalue weighted by Crippen LogP contribution is -2.19. The van der Waals surface area contributed by atoms with Gasteiger partial charge in [-0.25, -0.2) is 0 Å². The minimum Gasteiger partial charge on any atom is -0.489 e. The molecule has 0 aliphatic carbocycles. The summed E-state index contributed by atoms with van der Waals surface area (Å²) < 4.78 is 17.5. The first kappa shape index (κ1) is 15.2. The molecule has 21 heavy (non-hydrogen) atoms. The molecule has 0 radical (unpaired) electrons. The Morgan fingerprint density at radius 2 is 2.00 bits per heavy atom. The van der Waals surface area contributed by atoms with E-state index in [0.29, 0.717) is 29.4 Å². The number of ether oxygens (including phenoxy) is 3. The highest BCUT2D eigenvalue weighted by atomic mass is 79.9. The van der Waals surface area contributed by atoms with Crippen LogP contribution in [0.4, 0.5) is 0 Å². The quantitative estimate of drug-likeness (QED) is 0.755. The largest absolute Gasteiger partial charge is 0.489 e. The Morgan fingerprint density at radius 3 is 2.76 bits per heavy atom. The van der Waals surface area contributed by atoms with Crippen LogP contribution >= 0.6 is 15.9 Å². The summed E-state index contributed by atoms with van der Waals surface area (Å²) in [6.45, 7) is 6.64. The van der Waals surface area contributed by atoms with E-state index in [2.05, 4.69) is 41.9 Å². The van der Waals surface area contributed by atoms with Crippen molar-refractivity contribution in [2.24, 2.45) is 11.8 Å². The molecule has 3 rings (SSSR count). The highest BCUT2D eigenvalue weighted by molar-refractivity contribution is 9.09. The first-order valence-corrected chi connectivity index (χ1v) is 8.75. The highest BCUT2D eigenvalue weighted by Crippen LogP contribution is 2.43. The summed E-state index contributed by atoms with van der Waals surface area (Å²) in [7, 11) is 0. The van der Waals surface area contributed by atoms with Gasteiger partial charge in [-0.1, -0.05) is 35.8 Å². The predicted molar refractivity (Wildman–Crippen MR) is 86.4 cm³/mol. The van der Waals surface area contributed by atoms with E-state index < -0.39 is 0 Å². The van der Waals surface area contributed by atoms with E-state index in [1.165, 1.54) is 5.56 Å². The zero-order valence-electron chi connectivity index (χ0n) is 12.7. The highest BCUT2D eigenvalue weighted by Gasteiger charge is 2.33. The van der Waals surface area contributed by atoms with E-state index in [1.807, 2.05) is 6.07 Å². The Labute approximate surface area is 135 Å². The topological polar surface area (TPSA) is 27.7 Å². The molecule has 0 amide bonds. The van der Waals surface area contributed by atoms with Crippen molar-refractivity contribution in [3.63, 3.8) is 0 Å². The van der Waals surface area contributed by atoms with Gasteiger partial charge in [0.25, 0.3) is 0 Å². The van der Waals surface area contributed by atoms with E-state index in [0.717, 1.165) is 37.6 Å². The van der Waals surface area contributed by atoms with Crippen molar-refractivity contribution in [1.82, 2.24) is 0 Å². The van der Waals surface area contributed by atoms with Crippen LogP contribution in [-0.4, -0.2) is 25.9 Å². The summed E-state index contributed by atoms with van der Waals surface area (Å²) in [4.78, 5) is 0.305. The van der Waals surface area contributed by atoms with Crippen molar-refractivity contribution in [3.05, 3.63) is 23.8 Å². The van der Waals surface area contributed by atoms with Gasteiger partial charge in [-0.05, 0) is 30.5 Å². The summed E-state index contributed by atoms with van der Waals surface area (Å²) in [6.07, 6.45) is 2.53. The van der Waals surface area contributed by atoms with E-state index in [-0.39, 0.29) is 0 Å². The molecule has 0 aromatic heterocycles. The van der Waals surface area contributed by atoms with Gasteiger partial charge in [0.05, 0.1) is 19.3 Å². The minimum absolute atomic E-state index is 0.305. The van der Waals surface area contributed by atoms with Crippen LogP contribution in [0.5, 0.6) is 11.5 Å². The zero-order valence-corrected chi connectivity index (χ0v) is 14.3. The molecule has 4 heteroatoms. The van der Waals surface area contributed by atoms with Crippen LogP contribution in [0.25, 0.3) is 0 Å². The van der Waals surface area contributed by atoms with Gasteiger partial charge in [-0.15, -0.1) is 0 Å². The summed E-state index contributed by atoms with van der Waals surface area (Å²) in [5.41, 5.74) is 1.25. The molecule has 4 unspecified atom stereocenters. The molecule has 2 heterocycles. The van der Waals surface area contributed by atoms with Crippen molar-refractivity contribution < 1.29 is 14.2 Å². The van der Waals surface area contributed by atoms with Crippen molar-refractivity contribution in [3.8, 4) is 11.5 Å². The number of rotatable bonds is 3. The standard InChI is InChI=1S/C17H23BrO3/c1-3-14-13(6-7-19-14)17(18)12-4-5-15-16(8-12)21-10-11(2)9-20-15/h4-5,8,11,13-14,17H,3,6-7,9-10H2,1-2H3. The lowest BCUT2D eigenvalue weighted by Gasteiger charge is -2.23. The van der Waals surface area contributed by atoms with Crippen LogP contribution in [0, 0.1) is 11.8 Å². The lowest BCUT2D eigenvalue weighted by molar-refractivity contribution is 0.0872. The maximum absolute atomic E-state index is 5.89. The maximum Gasteiger partial charge on any atom is 0.161 e. The number of hydrogen-bond donors (Lipinski definition) is 0. The fraction of sp³-hybridized carbons (Fsp3) is 0.647. The number of benzene rings is 1. The van der Waals surface area contributed by atoms with Gasteiger partial charge in [-0.3, -0.25) is 0 Å². The van der Waals surface area contributed by atoms with Crippen molar-refractivity contribution in [2.45, 2.75) is 37.6 Å². The van der Waals surface area contributed by atoms with Crippen molar-refractivity contribution >= 4 is 15.9 Å². The average Bonchev–Trinajstić information content (AvgIpc) is 2.91. The van der Waals surface area contributed by atoms with Gasteiger partial charge in [0.2, 0.25) is 0 Å². The van der Waals surface area contributed by atoms with Crippen LogP contribution in [0.3, 0.4) is 0 Å². The molecule has 1 aromatic carbocycles. The SMILES string of the molecule is CCC1OCCC1C(Br)c1ccc2c(c1)OCC(C)CO2. The predicted octanol–water partition coefficient (Wildman–Crippen LogP) is 4.35. The van der Waals surface area contributed by atoms with Crippen LogP contribution in [0.15, 0.2) is 18.2 Å². The molecular formula is C17H23BrO3. The number of alkyl halides is 1. The normalized spacial score (nSPS) is 30.0. The molecule has 116 valence electrons. The van der Waals surface area contributed by atoms with Gasteiger partial charge in [0, 0.05) is 23.3 Å². The Bertz CT molecular complexity index is 491. The Kier molecular flexibility index (Phi) is 4.75. The van der Waals surface area contributed by atoms with Gasteiger partial charge < -0.3 is 14.2 Å². The number of fused-ring (bicyclic) bond motifs is 1. The first-order valence-electron chi connectivity index (χ1n) is 7.84. The van der Waals surface area contributed by atoms with Gasteiger partial charge >= 0.3 is 0 Å². The summed E-state index contributed by atoms with van der Waals surface area (Å²) in [5.74, 6) is 2.68. The third-order valence-electron chi connectivity index (χ3n) is 4.37. The second-order valence-electron chi connectivity index (χ2n) is 6.11. The fourth-order valence-electron chi connectivity index (χ4n) is 3.11. The summed E-state index contributed by atoms with van der Waals surface area (Å²) in [6, 6.07) is 6.30. The second-order valence-corrected chi connectivity index (χ2v) is 7.09. The average molecular weight is 355 g/mol. The molecule has 1 saturated heterocycles. The summed E-state index contributed by atoms with van der Waals surface area (Å²) in [5, 5.41) is 0. The summed E-state index contributed by atoms with van der Waals surface area (Å²) >= 11 is 3.88. The number of halogens is 1. The lowest BCUT2D eigenvalue weighted by atomic mass is 9.91. The van der Waals surface area contributed by atoms with Crippen molar-refractivity contribution in [2.75, 3.05) is 19.8 Å². The molecule has 0 spiro atoms. The smallest absolute Gasteiger partial charge is 0.161 e. The molecule has 1 aromatic rings. The molecule has 0 N–H and O–H groups in total. The van der Waals surface area contributed by atoms with E-state index in [1.54, 1.807) is 0 Å². The van der Waals surface area contributed by atoms with Crippen LogP contribution in [-0.2, 0) is 4.74 Å². The van der Waals surface area contributed by atoms with Crippen LogP contribution in [0.2, 0.25) is 0 Å².